The molecule has 0 unspecified atom stereocenters. The summed E-state index contributed by atoms with van der Waals surface area (Å²) in [7, 11) is -3.71. The first-order valence-corrected chi connectivity index (χ1v) is 8.86. The third-order valence-electron chi connectivity index (χ3n) is 2.99. The van der Waals surface area contributed by atoms with Gasteiger partial charge in [0.25, 0.3) is 5.91 Å². The molecule has 25 heavy (non-hydrogen) atoms. The van der Waals surface area contributed by atoms with E-state index in [1.54, 1.807) is 20.8 Å². The highest BCUT2D eigenvalue weighted by Gasteiger charge is 2.22. The van der Waals surface area contributed by atoms with Gasteiger partial charge in [0.15, 0.2) is 0 Å². The summed E-state index contributed by atoms with van der Waals surface area (Å²) in [5, 5.41) is 2.35. The maximum absolute atomic E-state index is 13.1. The van der Waals surface area contributed by atoms with E-state index < -0.39 is 33.1 Å². The summed E-state index contributed by atoms with van der Waals surface area (Å²) in [6, 6.07) is 7.87. The molecule has 0 heterocycles. The van der Waals surface area contributed by atoms with Crippen molar-refractivity contribution in [3.8, 4) is 0 Å². The summed E-state index contributed by atoms with van der Waals surface area (Å²) in [5.74, 6) is -2.24. The fourth-order valence-electron chi connectivity index (χ4n) is 2.08. The number of rotatable bonds is 4. The number of amides is 1. The number of hydrogen-bond donors (Lipinski definition) is 2. The van der Waals surface area contributed by atoms with E-state index >= 15 is 0 Å². The van der Waals surface area contributed by atoms with Gasteiger partial charge in [0.1, 0.15) is 11.6 Å². The van der Waals surface area contributed by atoms with E-state index in [4.69, 9.17) is 0 Å². The largest absolute Gasteiger partial charge is 0.322 e. The lowest BCUT2D eigenvalue weighted by Gasteiger charge is -2.20. The predicted molar refractivity (Wildman–Crippen MR) is 90.8 cm³/mol. The molecule has 0 aliphatic heterocycles. The first-order chi connectivity index (χ1) is 11.5. The van der Waals surface area contributed by atoms with Gasteiger partial charge >= 0.3 is 0 Å². The minimum atomic E-state index is -3.71. The lowest BCUT2D eigenvalue weighted by molar-refractivity contribution is 0.102. The summed E-state index contributed by atoms with van der Waals surface area (Å²) in [6.45, 7) is 5.14. The van der Waals surface area contributed by atoms with Crippen LogP contribution in [0, 0.1) is 11.6 Å². The van der Waals surface area contributed by atoms with Crippen molar-refractivity contribution in [1.29, 1.82) is 0 Å². The van der Waals surface area contributed by atoms with Crippen molar-refractivity contribution in [3.05, 3.63) is 59.7 Å². The van der Waals surface area contributed by atoms with Crippen LogP contribution < -0.4 is 10.0 Å². The van der Waals surface area contributed by atoms with Gasteiger partial charge < -0.3 is 5.32 Å². The van der Waals surface area contributed by atoms with E-state index in [2.05, 4.69) is 10.0 Å². The molecular formula is C17H18F2N2O3S. The molecule has 0 aliphatic rings. The van der Waals surface area contributed by atoms with Gasteiger partial charge in [-0.2, -0.15) is 0 Å². The topological polar surface area (TPSA) is 75.3 Å². The molecule has 0 saturated heterocycles. The fourth-order valence-corrected chi connectivity index (χ4v) is 3.50. The van der Waals surface area contributed by atoms with Crippen molar-refractivity contribution in [2.24, 2.45) is 0 Å². The number of nitrogens with one attached hydrogen (secondary N) is 2. The smallest absolute Gasteiger partial charge is 0.255 e. The zero-order chi connectivity index (χ0) is 18.8. The zero-order valence-corrected chi connectivity index (χ0v) is 14.7. The molecule has 2 rings (SSSR count). The van der Waals surface area contributed by atoms with Crippen LogP contribution in [-0.2, 0) is 10.0 Å². The fraction of sp³-hybridized carbons (Fsp3) is 0.235. The van der Waals surface area contributed by atoms with Crippen molar-refractivity contribution >= 4 is 21.6 Å². The van der Waals surface area contributed by atoms with Crippen LogP contribution in [0.2, 0.25) is 0 Å². The number of carbonyl (C=O) groups excluding carboxylic acids is 1. The normalized spacial score (nSPS) is 12.0. The van der Waals surface area contributed by atoms with Gasteiger partial charge in [0, 0.05) is 22.9 Å². The summed E-state index contributed by atoms with van der Waals surface area (Å²) >= 11 is 0. The van der Waals surface area contributed by atoms with Crippen LogP contribution in [-0.4, -0.2) is 19.9 Å². The zero-order valence-electron chi connectivity index (χ0n) is 13.9. The molecule has 5 nitrogen and oxygen atoms in total. The van der Waals surface area contributed by atoms with Crippen molar-refractivity contribution in [2.75, 3.05) is 5.32 Å². The first kappa shape index (κ1) is 19.0. The molecule has 0 saturated carbocycles. The number of anilines is 1. The molecule has 0 aliphatic carbocycles. The Labute approximate surface area is 145 Å². The Morgan fingerprint density at radius 1 is 0.960 bits per heavy atom. The summed E-state index contributed by atoms with van der Waals surface area (Å²) in [6.07, 6.45) is 0. The Morgan fingerprint density at radius 2 is 1.48 bits per heavy atom. The molecule has 0 aromatic heterocycles. The highest BCUT2D eigenvalue weighted by atomic mass is 32.2. The summed E-state index contributed by atoms with van der Waals surface area (Å²) in [4.78, 5) is 12.1. The molecule has 2 aromatic carbocycles. The molecule has 134 valence electrons. The van der Waals surface area contributed by atoms with Gasteiger partial charge in [-0.15, -0.1) is 0 Å². The number of benzene rings is 2. The second-order valence-electron chi connectivity index (χ2n) is 6.49. The maximum Gasteiger partial charge on any atom is 0.255 e. The second kappa shape index (κ2) is 6.89. The van der Waals surface area contributed by atoms with Crippen LogP contribution in [0.4, 0.5) is 14.5 Å². The van der Waals surface area contributed by atoms with Crippen LogP contribution >= 0.6 is 0 Å². The lowest BCUT2D eigenvalue weighted by Crippen LogP contribution is -2.40. The lowest BCUT2D eigenvalue weighted by atomic mass is 10.1. The van der Waals surface area contributed by atoms with E-state index in [-0.39, 0.29) is 16.1 Å². The van der Waals surface area contributed by atoms with Crippen LogP contribution in [0.3, 0.4) is 0 Å². The van der Waals surface area contributed by atoms with Crippen molar-refractivity contribution in [1.82, 2.24) is 4.72 Å². The third kappa shape index (κ3) is 5.33. The van der Waals surface area contributed by atoms with E-state index in [1.165, 1.54) is 24.3 Å². The van der Waals surface area contributed by atoms with E-state index in [9.17, 15) is 22.0 Å². The highest BCUT2D eigenvalue weighted by molar-refractivity contribution is 7.89. The molecule has 0 radical (unpaired) electrons. The highest BCUT2D eigenvalue weighted by Crippen LogP contribution is 2.17. The standard InChI is InChI=1S/C17H18F2N2O3S/c1-17(2,3)21-25(23,24)15-6-4-11(5-7-15)16(22)20-14-9-12(18)8-13(19)10-14/h4-10,21H,1-3H3,(H,20,22). The van der Waals surface area contributed by atoms with E-state index in [0.29, 0.717) is 6.07 Å². The molecule has 0 spiro atoms. The molecule has 0 bridgehead atoms. The van der Waals surface area contributed by atoms with Crippen molar-refractivity contribution in [2.45, 2.75) is 31.2 Å². The minimum Gasteiger partial charge on any atom is -0.322 e. The molecule has 2 N–H and O–H groups in total. The number of carbonyl (C=O) groups is 1. The molecule has 8 heteroatoms. The Balaban J connectivity index is 2.18. The van der Waals surface area contributed by atoms with Crippen LogP contribution in [0.25, 0.3) is 0 Å². The average Bonchev–Trinajstić information content (AvgIpc) is 2.43. The average molecular weight is 368 g/mol. The van der Waals surface area contributed by atoms with Crippen molar-refractivity contribution in [3.63, 3.8) is 0 Å². The second-order valence-corrected chi connectivity index (χ2v) is 8.17. The summed E-state index contributed by atoms with van der Waals surface area (Å²) in [5.41, 5.74) is -0.524. The van der Waals surface area contributed by atoms with E-state index in [1.807, 2.05) is 0 Å². The van der Waals surface area contributed by atoms with Gasteiger partial charge in [0.2, 0.25) is 10.0 Å². The molecule has 0 fully saturated rings. The minimum absolute atomic E-state index is 0.00998. The molecule has 0 atom stereocenters. The SMILES string of the molecule is CC(C)(C)NS(=O)(=O)c1ccc(C(=O)Nc2cc(F)cc(F)c2)cc1. The monoisotopic (exact) mass is 368 g/mol. The van der Waals surface area contributed by atoms with Crippen LogP contribution in [0.1, 0.15) is 31.1 Å². The van der Waals surface area contributed by atoms with Gasteiger partial charge in [-0.3, -0.25) is 4.79 Å². The van der Waals surface area contributed by atoms with Gasteiger partial charge in [-0.05, 0) is 57.2 Å². The Morgan fingerprint density at radius 3 is 1.96 bits per heavy atom. The van der Waals surface area contributed by atoms with Gasteiger partial charge in [0.05, 0.1) is 4.90 Å². The first-order valence-electron chi connectivity index (χ1n) is 7.38. The van der Waals surface area contributed by atoms with E-state index in [0.717, 1.165) is 12.1 Å². The van der Waals surface area contributed by atoms with Crippen LogP contribution in [0.15, 0.2) is 47.4 Å². The Kier molecular flexibility index (Phi) is 5.24. The predicted octanol–water partition coefficient (Wildman–Crippen LogP) is 3.29. The maximum atomic E-state index is 13.1. The number of sulfonamides is 1. The van der Waals surface area contributed by atoms with Gasteiger partial charge in [-0.1, -0.05) is 0 Å². The Bertz CT molecular complexity index is 869. The Hall–Kier alpha value is -2.32. The number of hydrogen-bond acceptors (Lipinski definition) is 3. The van der Waals surface area contributed by atoms with Crippen molar-refractivity contribution < 1.29 is 22.0 Å². The molecule has 2 aromatic rings. The third-order valence-corrected chi connectivity index (χ3v) is 4.76. The quantitative estimate of drug-likeness (QED) is 0.870. The van der Waals surface area contributed by atoms with Crippen LogP contribution in [0.5, 0.6) is 0 Å². The summed E-state index contributed by atoms with van der Waals surface area (Å²) < 4.78 is 53.2. The van der Waals surface area contributed by atoms with Gasteiger partial charge in [-0.25, -0.2) is 21.9 Å². The number of halogens is 2. The molecule has 1 amide bonds. The molecular weight excluding hydrogens is 350 g/mol.